The second-order valence-electron chi connectivity index (χ2n) is 5.68. The fourth-order valence-corrected chi connectivity index (χ4v) is 3.28. The third-order valence-electron chi connectivity index (χ3n) is 3.76. The molecule has 0 amide bonds. The molecule has 1 aromatic heterocycles. The summed E-state index contributed by atoms with van der Waals surface area (Å²) in [5, 5.41) is 4.49. The highest BCUT2D eigenvalue weighted by molar-refractivity contribution is 7.11. The second-order valence-corrected chi connectivity index (χ2v) is 6.97. The van der Waals surface area contributed by atoms with Crippen LogP contribution in [-0.2, 0) is 6.54 Å². The summed E-state index contributed by atoms with van der Waals surface area (Å²) in [6.45, 7) is 8.25. The van der Waals surface area contributed by atoms with Crippen LogP contribution in [0.3, 0.4) is 0 Å². The Bertz CT molecular complexity index is 696. The van der Waals surface area contributed by atoms with Gasteiger partial charge in [-0.25, -0.2) is 4.98 Å². The predicted molar refractivity (Wildman–Crippen MR) is 101 cm³/mol. The molecule has 0 fully saturated rings. The molecule has 0 atom stereocenters. The number of ether oxygens (including phenoxy) is 1. The zero-order chi connectivity index (χ0) is 17.5. The van der Waals surface area contributed by atoms with Crippen molar-refractivity contribution in [3.8, 4) is 5.75 Å². The SMILES string of the molecule is CN=C(NCc1sc(C)nc1C)N(C)CCOc1ccccc1C. The fourth-order valence-electron chi connectivity index (χ4n) is 2.40. The monoisotopic (exact) mass is 346 g/mol. The molecule has 0 aliphatic rings. The van der Waals surface area contributed by atoms with Crippen LogP contribution >= 0.6 is 11.3 Å². The third-order valence-corrected chi connectivity index (χ3v) is 4.83. The van der Waals surface area contributed by atoms with E-state index in [0.29, 0.717) is 6.61 Å². The number of hydrogen-bond donors (Lipinski definition) is 1. The van der Waals surface area contributed by atoms with E-state index in [4.69, 9.17) is 4.74 Å². The number of para-hydroxylation sites is 1. The molecule has 0 saturated carbocycles. The minimum absolute atomic E-state index is 0.612. The number of aliphatic imine (C=N–C) groups is 1. The molecule has 130 valence electrons. The van der Waals surface area contributed by atoms with Gasteiger partial charge in [-0.15, -0.1) is 11.3 Å². The Morgan fingerprint density at radius 3 is 2.67 bits per heavy atom. The number of thiazole rings is 1. The minimum Gasteiger partial charge on any atom is -0.491 e. The average Bonchev–Trinajstić information content (AvgIpc) is 2.87. The largest absolute Gasteiger partial charge is 0.491 e. The maximum absolute atomic E-state index is 5.85. The Labute approximate surface area is 148 Å². The fraction of sp³-hybridized carbons (Fsp3) is 0.444. The first-order valence-electron chi connectivity index (χ1n) is 8.04. The zero-order valence-corrected chi connectivity index (χ0v) is 15.9. The van der Waals surface area contributed by atoms with Crippen molar-refractivity contribution in [2.75, 3.05) is 27.2 Å². The van der Waals surface area contributed by atoms with Crippen LogP contribution in [0.5, 0.6) is 5.75 Å². The molecule has 2 rings (SSSR count). The van der Waals surface area contributed by atoms with Crippen LogP contribution in [0.4, 0.5) is 0 Å². The first-order chi connectivity index (χ1) is 11.5. The van der Waals surface area contributed by atoms with Gasteiger partial charge in [-0.2, -0.15) is 0 Å². The highest BCUT2D eigenvalue weighted by Gasteiger charge is 2.09. The molecule has 0 aliphatic heterocycles. The van der Waals surface area contributed by atoms with Crippen molar-refractivity contribution < 1.29 is 4.74 Å². The molecule has 0 radical (unpaired) electrons. The third kappa shape index (κ3) is 4.96. The summed E-state index contributed by atoms with van der Waals surface area (Å²) < 4.78 is 5.85. The summed E-state index contributed by atoms with van der Waals surface area (Å²) in [7, 11) is 3.81. The van der Waals surface area contributed by atoms with E-state index >= 15 is 0 Å². The summed E-state index contributed by atoms with van der Waals surface area (Å²) in [5.74, 6) is 1.79. The maximum atomic E-state index is 5.85. The van der Waals surface area contributed by atoms with Gasteiger partial charge in [0.2, 0.25) is 0 Å². The maximum Gasteiger partial charge on any atom is 0.193 e. The summed E-state index contributed by atoms with van der Waals surface area (Å²) in [5.41, 5.74) is 2.24. The van der Waals surface area contributed by atoms with E-state index < -0.39 is 0 Å². The highest BCUT2D eigenvalue weighted by Crippen LogP contribution is 2.17. The van der Waals surface area contributed by atoms with Crippen molar-refractivity contribution in [1.82, 2.24) is 15.2 Å². The molecule has 1 aromatic carbocycles. The average molecular weight is 347 g/mol. The Morgan fingerprint density at radius 1 is 1.29 bits per heavy atom. The molecule has 1 N–H and O–H groups in total. The lowest BCUT2D eigenvalue weighted by molar-refractivity contribution is 0.280. The van der Waals surface area contributed by atoms with Crippen molar-refractivity contribution in [1.29, 1.82) is 0 Å². The number of rotatable bonds is 6. The Kier molecular flexibility index (Phi) is 6.61. The molecule has 24 heavy (non-hydrogen) atoms. The molecule has 0 unspecified atom stereocenters. The Hall–Kier alpha value is -2.08. The smallest absolute Gasteiger partial charge is 0.193 e. The molecule has 5 nitrogen and oxygen atoms in total. The highest BCUT2D eigenvalue weighted by atomic mass is 32.1. The van der Waals surface area contributed by atoms with E-state index in [-0.39, 0.29) is 0 Å². The number of nitrogens with zero attached hydrogens (tertiary/aromatic N) is 3. The van der Waals surface area contributed by atoms with Crippen molar-refractivity contribution in [3.05, 3.63) is 45.4 Å². The number of likely N-dealkylation sites (N-methyl/N-ethyl adjacent to an activating group) is 1. The molecule has 0 bridgehead atoms. The van der Waals surface area contributed by atoms with Crippen molar-refractivity contribution in [2.45, 2.75) is 27.3 Å². The number of guanidine groups is 1. The van der Waals surface area contributed by atoms with Gasteiger partial charge in [0.15, 0.2) is 5.96 Å². The van der Waals surface area contributed by atoms with E-state index in [0.717, 1.165) is 41.1 Å². The predicted octanol–water partition coefficient (Wildman–Crippen LogP) is 3.15. The number of hydrogen-bond acceptors (Lipinski definition) is 4. The van der Waals surface area contributed by atoms with Crippen LogP contribution in [0.1, 0.15) is 21.1 Å². The summed E-state index contributed by atoms with van der Waals surface area (Å²) >= 11 is 1.72. The van der Waals surface area contributed by atoms with Crippen LogP contribution in [0, 0.1) is 20.8 Å². The lowest BCUT2D eigenvalue weighted by Crippen LogP contribution is -2.40. The van der Waals surface area contributed by atoms with Gasteiger partial charge in [0, 0.05) is 19.0 Å². The lowest BCUT2D eigenvalue weighted by Gasteiger charge is -2.22. The van der Waals surface area contributed by atoms with Crippen molar-refractivity contribution in [2.24, 2.45) is 4.99 Å². The molecular formula is C18H26N4OS. The normalized spacial score (nSPS) is 11.5. The number of nitrogens with one attached hydrogen (secondary N) is 1. The van der Waals surface area contributed by atoms with E-state index in [1.165, 1.54) is 4.88 Å². The molecule has 6 heteroatoms. The van der Waals surface area contributed by atoms with Gasteiger partial charge in [-0.3, -0.25) is 4.99 Å². The lowest BCUT2D eigenvalue weighted by atomic mass is 10.2. The van der Waals surface area contributed by atoms with Gasteiger partial charge < -0.3 is 15.0 Å². The summed E-state index contributed by atoms with van der Waals surface area (Å²) in [6.07, 6.45) is 0. The molecule has 1 heterocycles. The van der Waals surface area contributed by atoms with Gasteiger partial charge in [-0.1, -0.05) is 18.2 Å². The first-order valence-corrected chi connectivity index (χ1v) is 8.86. The van der Waals surface area contributed by atoms with E-state index in [1.807, 2.05) is 39.1 Å². The minimum atomic E-state index is 0.612. The van der Waals surface area contributed by atoms with Crippen LogP contribution in [-0.4, -0.2) is 43.1 Å². The van der Waals surface area contributed by atoms with Gasteiger partial charge in [0.05, 0.1) is 23.8 Å². The van der Waals surface area contributed by atoms with Crippen LogP contribution < -0.4 is 10.1 Å². The molecule has 2 aromatic rings. The number of aryl methyl sites for hydroxylation is 3. The quantitative estimate of drug-likeness (QED) is 0.645. The van der Waals surface area contributed by atoms with E-state index in [9.17, 15) is 0 Å². The van der Waals surface area contributed by atoms with Crippen LogP contribution in [0.25, 0.3) is 0 Å². The van der Waals surface area contributed by atoms with E-state index in [2.05, 4.69) is 33.2 Å². The Morgan fingerprint density at radius 2 is 2.04 bits per heavy atom. The van der Waals surface area contributed by atoms with Crippen LogP contribution in [0.15, 0.2) is 29.3 Å². The number of aromatic nitrogens is 1. The van der Waals surface area contributed by atoms with Gasteiger partial charge >= 0.3 is 0 Å². The topological polar surface area (TPSA) is 49.8 Å². The van der Waals surface area contributed by atoms with Gasteiger partial charge in [0.25, 0.3) is 0 Å². The standard InChI is InChI=1S/C18H26N4OS/c1-13-8-6-7-9-16(13)23-11-10-22(5)18(19-4)20-12-17-14(2)21-15(3)24-17/h6-9H,10-12H2,1-5H3,(H,19,20). The van der Waals surface area contributed by atoms with Crippen molar-refractivity contribution in [3.63, 3.8) is 0 Å². The molecule has 0 saturated heterocycles. The molecule has 0 spiro atoms. The summed E-state index contributed by atoms with van der Waals surface area (Å²) in [6, 6.07) is 8.06. The van der Waals surface area contributed by atoms with Crippen molar-refractivity contribution >= 4 is 17.3 Å². The van der Waals surface area contributed by atoms with Gasteiger partial charge in [0.1, 0.15) is 12.4 Å². The second kappa shape index (κ2) is 8.68. The van der Waals surface area contributed by atoms with E-state index in [1.54, 1.807) is 18.4 Å². The zero-order valence-electron chi connectivity index (χ0n) is 15.1. The first kappa shape index (κ1) is 18.3. The molecule has 0 aliphatic carbocycles. The number of benzene rings is 1. The Balaban J connectivity index is 1.82. The van der Waals surface area contributed by atoms with Crippen LogP contribution in [0.2, 0.25) is 0 Å². The molecular weight excluding hydrogens is 320 g/mol. The summed E-state index contributed by atoms with van der Waals surface area (Å²) in [4.78, 5) is 12.1. The van der Waals surface area contributed by atoms with Gasteiger partial charge in [-0.05, 0) is 32.4 Å².